The molecule has 4 aliphatic heterocycles. The molecular weight excluding hydrogens is 1600 g/mol. The highest BCUT2D eigenvalue weighted by Gasteiger charge is 2.52. The number of nitrogens with one attached hydrogen (secondary N) is 9. The van der Waals surface area contributed by atoms with Gasteiger partial charge in [-0.3, -0.25) is 47.9 Å². The molecule has 44 nitrogen and oxygen atoms in total. The van der Waals surface area contributed by atoms with Crippen LogP contribution < -0.4 is 47.9 Å². The van der Waals surface area contributed by atoms with E-state index in [4.69, 9.17) is 52.1 Å². The van der Waals surface area contributed by atoms with Crippen molar-refractivity contribution in [3.63, 3.8) is 0 Å². The van der Waals surface area contributed by atoms with Crippen molar-refractivity contribution >= 4 is 59.1 Å². The number of aliphatic hydroxyl groups excluding tert-OH is 13. The summed E-state index contributed by atoms with van der Waals surface area (Å²) in [5.74, 6) is -8.91. The summed E-state index contributed by atoms with van der Waals surface area (Å²) in [6, 6.07) is -6.84. The summed E-state index contributed by atoms with van der Waals surface area (Å²) in [6.07, 6.45) is -20.8. The fourth-order valence-corrected chi connectivity index (χ4v) is 14.5. The Morgan fingerprint density at radius 2 is 0.800 bits per heavy atom. The molecule has 4 unspecified atom stereocenters. The van der Waals surface area contributed by atoms with Gasteiger partial charge >= 0.3 is 0 Å². The van der Waals surface area contributed by atoms with Gasteiger partial charge in [0.05, 0.1) is 136 Å². The summed E-state index contributed by atoms with van der Waals surface area (Å²) >= 11 is 0. The maximum absolute atomic E-state index is 14.7. The van der Waals surface area contributed by atoms with Crippen LogP contribution in [0.3, 0.4) is 0 Å². The van der Waals surface area contributed by atoms with Crippen LogP contribution in [-0.2, 0) is 100 Å². The molecule has 44 heteroatoms. The molecule has 5 fully saturated rings. The number of amides is 10. The molecule has 0 aromatic heterocycles. The van der Waals surface area contributed by atoms with E-state index in [-0.39, 0.29) is 176 Å². The number of hydrogen-bond donors (Lipinski definition) is 22. The second-order valence-corrected chi connectivity index (χ2v) is 31.4. The van der Waals surface area contributed by atoms with E-state index in [9.17, 15) is 114 Å². The lowest BCUT2D eigenvalue weighted by molar-refractivity contribution is -0.284. The third kappa shape index (κ3) is 33.0. The SMILES string of the molecule is CC[C@@]1(C)CN(C(=O)CCCC(=O)N[C@@H](CCC(=O)N[C@@H](CCC(=O)NCCOCCOC2C[C@H](CO)[C@H](O)[C@H](O)[C@H]2NC(C)=O)C(=O)NCCOCCOC2O[C@H](CO)[C@H](O)[C@H](O)[C@H]2NC(C)=O)C(=O)N[C@@H](CCC(=O)NCCOCCOC2O[C@H](CO)[C@H](O)[C@H](O)[C@H]2C)C(=O)NCCOCCOC2O[C@H](CO)[C@H](O)[C@H](O)[C@H]2C)C[C@@]1(C)CO. The first kappa shape index (κ1) is 104. The smallest absolute Gasteiger partial charge is 0.243 e. The number of carbonyl (C=O) groups excluding carboxylic acids is 10. The van der Waals surface area contributed by atoms with Crippen LogP contribution in [0.15, 0.2) is 0 Å². The van der Waals surface area contributed by atoms with E-state index >= 15 is 0 Å². The molecule has 1 aliphatic carbocycles. The molecule has 5 rings (SSSR count). The maximum atomic E-state index is 14.7. The highest BCUT2D eigenvalue weighted by molar-refractivity contribution is 5.93. The summed E-state index contributed by atoms with van der Waals surface area (Å²) in [7, 11) is 0. The standard InChI is InChI=1S/C76H134N10O34/c1-8-75(6)39-86(40-76(75,7)41-91)58(98)11-9-10-56(96)84-49(71(109)85-48(70(108)80-21-25-112-28-32-116-73-43(3)62(100)65(103)52(37-89)119-73)13-16-55(95)78-19-23-111-27-31-115-72-42(2)61(99)64(102)51(36-88)118-72)14-17-57(97)83-47(69(107)79-20-24-113-29-33-117-74-60(82-45(5)93)68(106)66(104)53(38-90)120-74)12-15-54(94)77-18-22-110-26-30-114-50-34-46(35-87)63(101)67(105)59(50)81-44(4)92/h42-43,46-53,59-68,72-74,87-91,99-106H,8-41H2,1-7H3,(H,77,94)(H,78,95)(H,79,107)(H,80,108)(H,81,92)(H,82,93)(H,83,97)(H,84,96)(H,85,109)/t42-,43-,46-,47+,48+,49+,50?,51-,52-,53-,59+,60-,61-,62-,63+,64+,65+,66+,67-,68-,72?,73?,74?,75+,76+/m1/s1. The van der Waals surface area contributed by atoms with E-state index in [1.54, 1.807) is 18.7 Å². The molecular formula is C76H134N10O34. The Hall–Kier alpha value is -6.26. The quantitative estimate of drug-likeness (QED) is 0.0252. The minimum atomic E-state index is -1.63. The van der Waals surface area contributed by atoms with Crippen molar-refractivity contribution in [3.8, 4) is 0 Å². The molecule has 0 bridgehead atoms. The van der Waals surface area contributed by atoms with Gasteiger partial charge in [-0.25, -0.2) is 0 Å². The van der Waals surface area contributed by atoms with Crippen molar-refractivity contribution in [2.24, 2.45) is 28.6 Å². The second kappa shape index (κ2) is 53.8. The Bertz CT molecular complexity index is 3110. The van der Waals surface area contributed by atoms with Crippen molar-refractivity contribution in [1.82, 2.24) is 52.8 Å². The van der Waals surface area contributed by atoms with E-state index in [1.165, 1.54) is 13.8 Å². The monoisotopic (exact) mass is 1730 g/mol. The summed E-state index contributed by atoms with van der Waals surface area (Å²) in [5.41, 5.74) is -1.00. The van der Waals surface area contributed by atoms with Gasteiger partial charge in [0, 0.05) is 115 Å². The van der Waals surface area contributed by atoms with Crippen molar-refractivity contribution in [1.29, 1.82) is 0 Å². The summed E-state index contributed by atoms with van der Waals surface area (Å²) in [5, 5.41) is 156. The highest BCUT2D eigenvalue weighted by Crippen LogP contribution is 2.48. The van der Waals surface area contributed by atoms with Crippen LogP contribution in [0.2, 0.25) is 0 Å². The summed E-state index contributed by atoms with van der Waals surface area (Å²) in [6.45, 7) is 8.08. The molecule has 0 spiro atoms. The minimum absolute atomic E-state index is 0.00428. The fraction of sp³-hybridized carbons (Fsp3) is 0.868. The van der Waals surface area contributed by atoms with Crippen molar-refractivity contribution in [2.45, 2.75) is 241 Å². The number of nitrogens with zero attached hydrogens (tertiary/aromatic N) is 1. The summed E-state index contributed by atoms with van der Waals surface area (Å²) < 4.78 is 62.2. The molecule has 692 valence electrons. The first-order chi connectivity index (χ1) is 57.1. The number of carbonyl (C=O) groups is 10. The number of aliphatic hydroxyl groups is 13. The first-order valence-electron chi connectivity index (χ1n) is 41.1. The van der Waals surface area contributed by atoms with Gasteiger partial charge in [0.1, 0.15) is 73.0 Å². The van der Waals surface area contributed by atoms with Crippen LogP contribution in [0.1, 0.15) is 119 Å². The number of likely N-dealkylation sites (tertiary alicyclic amines) is 1. The van der Waals surface area contributed by atoms with Gasteiger partial charge in [-0.2, -0.15) is 0 Å². The zero-order valence-corrected chi connectivity index (χ0v) is 69.7. The number of hydrogen-bond acceptors (Lipinski definition) is 34. The second-order valence-electron chi connectivity index (χ2n) is 31.4. The van der Waals surface area contributed by atoms with Gasteiger partial charge in [0.2, 0.25) is 59.1 Å². The Morgan fingerprint density at radius 1 is 0.417 bits per heavy atom. The molecule has 0 aromatic carbocycles. The zero-order valence-electron chi connectivity index (χ0n) is 69.7. The van der Waals surface area contributed by atoms with E-state index < -0.39 is 243 Å². The Balaban J connectivity index is 1.29. The largest absolute Gasteiger partial charge is 0.396 e. The molecule has 5 aliphatic rings. The van der Waals surface area contributed by atoms with Gasteiger partial charge < -0.3 is 171 Å². The van der Waals surface area contributed by atoms with Gasteiger partial charge in [-0.1, -0.05) is 34.6 Å². The van der Waals surface area contributed by atoms with E-state index in [0.717, 1.165) is 0 Å². The van der Waals surface area contributed by atoms with E-state index in [1.807, 2.05) is 20.8 Å². The molecule has 0 radical (unpaired) electrons. The number of ether oxygens (including phenoxy) is 11. The molecule has 4 heterocycles. The first-order valence-corrected chi connectivity index (χ1v) is 41.1. The molecule has 4 saturated heterocycles. The maximum Gasteiger partial charge on any atom is 0.243 e. The van der Waals surface area contributed by atoms with Crippen molar-refractivity contribution < 1.29 is 166 Å². The third-order valence-corrected chi connectivity index (χ3v) is 22.4. The van der Waals surface area contributed by atoms with Gasteiger partial charge in [0.25, 0.3) is 0 Å². The Morgan fingerprint density at radius 3 is 1.23 bits per heavy atom. The topological polar surface area (TPSA) is 647 Å². The van der Waals surface area contributed by atoms with Crippen molar-refractivity contribution in [3.05, 3.63) is 0 Å². The minimum Gasteiger partial charge on any atom is -0.396 e. The third-order valence-electron chi connectivity index (χ3n) is 22.4. The van der Waals surface area contributed by atoms with Crippen LogP contribution in [0, 0.1) is 28.6 Å². The molecule has 25 atom stereocenters. The molecule has 10 amide bonds. The lowest BCUT2D eigenvalue weighted by Gasteiger charge is -2.42. The molecule has 120 heavy (non-hydrogen) atoms. The van der Waals surface area contributed by atoms with Crippen LogP contribution >= 0.6 is 0 Å². The molecule has 1 saturated carbocycles. The predicted octanol–water partition coefficient (Wildman–Crippen LogP) is -9.49. The van der Waals surface area contributed by atoms with Gasteiger partial charge in [-0.05, 0) is 43.9 Å². The average Bonchev–Trinajstić information content (AvgIpc) is 1.64. The fourth-order valence-electron chi connectivity index (χ4n) is 14.5. The lowest BCUT2D eigenvalue weighted by Crippen LogP contribution is -2.64. The van der Waals surface area contributed by atoms with E-state index in [0.29, 0.717) is 13.0 Å². The van der Waals surface area contributed by atoms with Crippen LogP contribution in [-0.4, -0.2) is 404 Å². The van der Waals surface area contributed by atoms with Crippen LogP contribution in [0.4, 0.5) is 0 Å². The molecule has 0 aromatic rings. The normalized spacial score (nSPS) is 30.7. The summed E-state index contributed by atoms with van der Waals surface area (Å²) in [4.78, 5) is 137. The van der Waals surface area contributed by atoms with E-state index in [2.05, 4.69) is 47.9 Å². The van der Waals surface area contributed by atoms with Gasteiger partial charge in [0.15, 0.2) is 18.9 Å². The highest BCUT2D eigenvalue weighted by atomic mass is 16.7. The molecule has 22 N–H and O–H groups in total. The van der Waals surface area contributed by atoms with Crippen LogP contribution in [0.5, 0.6) is 0 Å². The predicted molar refractivity (Wildman–Crippen MR) is 414 cm³/mol. The van der Waals surface area contributed by atoms with Crippen molar-refractivity contribution in [2.75, 3.05) is 152 Å². The van der Waals surface area contributed by atoms with Gasteiger partial charge in [-0.15, -0.1) is 0 Å². The Kier molecular flexibility index (Phi) is 46.8. The zero-order chi connectivity index (χ0) is 88.8. The average molecular weight is 1730 g/mol. The number of rotatable bonds is 55. The Labute approximate surface area is 697 Å². The lowest BCUT2D eigenvalue weighted by atomic mass is 9.67. The van der Waals surface area contributed by atoms with Crippen LogP contribution in [0.25, 0.3) is 0 Å².